The van der Waals surface area contributed by atoms with Crippen molar-refractivity contribution in [2.75, 3.05) is 10.6 Å². The number of anilines is 2. The third-order valence-electron chi connectivity index (χ3n) is 3.61. The van der Waals surface area contributed by atoms with Gasteiger partial charge in [-0.25, -0.2) is 4.39 Å². The van der Waals surface area contributed by atoms with Crippen LogP contribution in [0, 0.1) is 5.82 Å². The van der Waals surface area contributed by atoms with Gasteiger partial charge in [0.15, 0.2) is 0 Å². The molecule has 0 spiro atoms. The van der Waals surface area contributed by atoms with Crippen molar-refractivity contribution in [1.82, 2.24) is 0 Å². The van der Waals surface area contributed by atoms with Crippen LogP contribution in [0.15, 0.2) is 47.8 Å². The zero-order valence-electron chi connectivity index (χ0n) is 10.9. The number of thiophene rings is 1. The Bertz CT molecular complexity index is 858. The molecule has 3 nitrogen and oxygen atoms in total. The van der Waals surface area contributed by atoms with Gasteiger partial charge in [0.2, 0.25) is 0 Å². The first-order valence-electron chi connectivity index (χ1n) is 6.55. The molecule has 0 fully saturated rings. The highest BCUT2D eigenvalue weighted by molar-refractivity contribution is 7.17. The van der Waals surface area contributed by atoms with Crippen LogP contribution >= 0.6 is 11.3 Å². The first kappa shape index (κ1) is 12.3. The van der Waals surface area contributed by atoms with Crippen molar-refractivity contribution in [1.29, 1.82) is 0 Å². The molecule has 0 bridgehead atoms. The summed E-state index contributed by atoms with van der Waals surface area (Å²) in [6.45, 7) is 0. The van der Waals surface area contributed by atoms with Gasteiger partial charge in [-0.15, -0.1) is 11.3 Å². The molecule has 1 aromatic heterocycles. The van der Waals surface area contributed by atoms with Crippen molar-refractivity contribution < 1.29 is 9.18 Å². The quantitative estimate of drug-likeness (QED) is 0.746. The number of nitrogens with one attached hydrogen (secondary N) is 2. The molecule has 1 aliphatic rings. The highest BCUT2D eigenvalue weighted by atomic mass is 32.1. The number of carbonyl (C=O) groups is 1. The van der Waals surface area contributed by atoms with Crippen LogP contribution in [0.5, 0.6) is 0 Å². The Morgan fingerprint density at radius 3 is 2.95 bits per heavy atom. The van der Waals surface area contributed by atoms with Crippen LogP contribution in [0.1, 0.15) is 11.6 Å². The monoisotopic (exact) mass is 298 g/mol. The van der Waals surface area contributed by atoms with E-state index in [-0.39, 0.29) is 11.7 Å². The maximum atomic E-state index is 13.2. The number of rotatable bonds is 2. The lowest BCUT2D eigenvalue weighted by Crippen LogP contribution is -2.19. The molecular formula is C16H11FN2OS. The van der Waals surface area contributed by atoms with Crippen LogP contribution in [0.4, 0.5) is 15.8 Å². The summed E-state index contributed by atoms with van der Waals surface area (Å²) in [6, 6.07) is 11.9. The molecule has 2 N–H and O–H groups in total. The van der Waals surface area contributed by atoms with E-state index in [1.807, 2.05) is 29.6 Å². The summed E-state index contributed by atoms with van der Waals surface area (Å²) in [5, 5.41) is 9.10. The molecule has 2 aromatic carbocycles. The molecule has 1 atom stereocenters. The maximum absolute atomic E-state index is 13.2. The Morgan fingerprint density at radius 1 is 1.14 bits per heavy atom. The van der Waals surface area contributed by atoms with Crippen molar-refractivity contribution in [2.24, 2.45) is 0 Å². The van der Waals surface area contributed by atoms with Crippen molar-refractivity contribution in [2.45, 2.75) is 6.04 Å². The Kier molecular flexibility index (Phi) is 2.68. The van der Waals surface area contributed by atoms with Crippen LogP contribution < -0.4 is 10.6 Å². The number of halogens is 1. The highest BCUT2D eigenvalue weighted by Gasteiger charge is 2.30. The minimum absolute atomic E-state index is 0.166. The fraction of sp³-hybridized carbons (Fsp3) is 0.0625. The average Bonchev–Trinajstić information content (AvgIpc) is 3.03. The number of hydrogen-bond donors (Lipinski definition) is 2. The standard InChI is InChI=1S/C16H11FN2OS/c17-10-1-3-12-13(8-10)19-16(20)15(12)18-11-2-4-14-9(7-11)5-6-21-14/h1-8,15,18H,(H,19,20). The molecule has 0 radical (unpaired) electrons. The molecule has 21 heavy (non-hydrogen) atoms. The lowest BCUT2D eigenvalue weighted by Gasteiger charge is -2.13. The predicted molar refractivity (Wildman–Crippen MR) is 83.2 cm³/mol. The van der Waals surface area contributed by atoms with Crippen molar-refractivity contribution in [3.05, 3.63) is 59.2 Å². The molecule has 104 valence electrons. The van der Waals surface area contributed by atoms with E-state index < -0.39 is 6.04 Å². The lowest BCUT2D eigenvalue weighted by atomic mass is 10.1. The SMILES string of the molecule is O=C1Nc2cc(F)ccc2C1Nc1ccc2sccc2c1. The van der Waals surface area contributed by atoms with Crippen LogP contribution in [-0.4, -0.2) is 5.91 Å². The van der Waals surface area contributed by atoms with Gasteiger partial charge in [-0.3, -0.25) is 4.79 Å². The molecule has 5 heteroatoms. The summed E-state index contributed by atoms with van der Waals surface area (Å²) in [4.78, 5) is 12.1. The number of amides is 1. The van der Waals surface area contributed by atoms with Gasteiger partial charge in [-0.05, 0) is 47.2 Å². The molecule has 3 aromatic rings. The summed E-state index contributed by atoms with van der Waals surface area (Å²) >= 11 is 1.68. The molecule has 0 saturated heterocycles. The zero-order chi connectivity index (χ0) is 14.4. The van der Waals surface area contributed by atoms with E-state index in [1.54, 1.807) is 17.4 Å². The Hall–Kier alpha value is -2.40. The molecule has 0 aliphatic carbocycles. The number of benzene rings is 2. The van der Waals surface area contributed by atoms with Gasteiger partial charge in [0.1, 0.15) is 11.9 Å². The average molecular weight is 298 g/mol. The molecule has 1 aliphatic heterocycles. The minimum atomic E-state index is -0.489. The van der Waals surface area contributed by atoms with Gasteiger partial charge in [-0.2, -0.15) is 0 Å². The second-order valence-corrected chi connectivity index (χ2v) is 5.92. The highest BCUT2D eigenvalue weighted by Crippen LogP contribution is 2.34. The largest absolute Gasteiger partial charge is 0.370 e. The fourth-order valence-corrected chi connectivity index (χ4v) is 3.37. The van der Waals surface area contributed by atoms with Gasteiger partial charge in [-0.1, -0.05) is 6.07 Å². The van der Waals surface area contributed by atoms with E-state index in [4.69, 9.17) is 0 Å². The topological polar surface area (TPSA) is 41.1 Å². The van der Waals surface area contributed by atoms with E-state index >= 15 is 0 Å². The smallest absolute Gasteiger partial charge is 0.251 e. The van der Waals surface area contributed by atoms with E-state index in [0.29, 0.717) is 5.69 Å². The van der Waals surface area contributed by atoms with Crippen LogP contribution in [-0.2, 0) is 4.79 Å². The second kappa shape index (κ2) is 4.56. The molecule has 1 unspecified atom stereocenters. The van der Waals surface area contributed by atoms with E-state index in [2.05, 4.69) is 10.6 Å². The Labute approximate surface area is 124 Å². The normalized spacial score (nSPS) is 16.8. The second-order valence-electron chi connectivity index (χ2n) is 4.97. The molecule has 2 heterocycles. The fourth-order valence-electron chi connectivity index (χ4n) is 2.60. The minimum Gasteiger partial charge on any atom is -0.370 e. The van der Waals surface area contributed by atoms with Crippen LogP contribution in [0.2, 0.25) is 0 Å². The van der Waals surface area contributed by atoms with E-state index in [0.717, 1.165) is 16.6 Å². The molecule has 1 amide bonds. The third-order valence-corrected chi connectivity index (χ3v) is 4.51. The first-order chi connectivity index (χ1) is 10.2. The number of carbonyl (C=O) groups excluding carboxylic acids is 1. The van der Waals surface area contributed by atoms with Crippen molar-refractivity contribution in [3.63, 3.8) is 0 Å². The number of fused-ring (bicyclic) bond motifs is 2. The molecular weight excluding hydrogens is 287 g/mol. The summed E-state index contributed by atoms with van der Waals surface area (Å²) in [5.74, 6) is -0.518. The van der Waals surface area contributed by atoms with Gasteiger partial charge >= 0.3 is 0 Å². The van der Waals surface area contributed by atoms with Crippen molar-refractivity contribution in [3.8, 4) is 0 Å². The maximum Gasteiger partial charge on any atom is 0.251 e. The lowest BCUT2D eigenvalue weighted by molar-refractivity contribution is -0.116. The Morgan fingerprint density at radius 2 is 2.05 bits per heavy atom. The van der Waals surface area contributed by atoms with E-state index in [1.165, 1.54) is 16.8 Å². The van der Waals surface area contributed by atoms with Gasteiger partial charge < -0.3 is 10.6 Å². The van der Waals surface area contributed by atoms with Gasteiger partial charge in [0.05, 0.1) is 0 Å². The molecule has 4 rings (SSSR count). The molecule has 0 saturated carbocycles. The van der Waals surface area contributed by atoms with Crippen molar-refractivity contribution >= 4 is 38.7 Å². The Balaban J connectivity index is 1.69. The van der Waals surface area contributed by atoms with Crippen LogP contribution in [0.25, 0.3) is 10.1 Å². The van der Waals surface area contributed by atoms with Gasteiger partial charge in [0, 0.05) is 21.6 Å². The zero-order valence-corrected chi connectivity index (χ0v) is 11.7. The van der Waals surface area contributed by atoms with Gasteiger partial charge in [0.25, 0.3) is 5.91 Å². The summed E-state index contributed by atoms with van der Waals surface area (Å²) in [7, 11) is 0. The summed E-state index contributed by atoms with van der Waals surface area (Å²) in [6.07, 6.45) is 0. The third kappa shape index (κ3) is 2.06. The predicted octanol–water partition coefficient (Wildman–Crippen LogP) is 4.15. The summed E-state index contributed by atoms with van der Waals surface area (Å²) in [5.41, 5.74) is 2.18. The van der Waals surface area contributed by atoms with Crippen LogP contribution in [0.3, 0.4) is 0 Å². The number of hydrogen-bond acceptors (Lipinski definition) is 3. The van der Waals surface area contributed by atoms with E-state index in [9.17, 15) is 9.18 Å². The first-order valence-corrected chi connectivity index (χ1v) is 7.43. The summed E-state index contributed by atoms with van der Waals surface area (Å²) < 4.78 is 14.4.